The summed E-state index contributed by atoms with van der Waals surface area (Å²) in [6.07, 6.45) is 1.53. The Balaban J connectivity index is 2.58. The third kappa shape index (κ3) is 2.07. The van der Waals surface area contributed by atoms with E-state index in [1.165, 1.54) is 0 Å². The summed E-state index contributed by atoms with van der Waals surface area (Å²) in [6, 6.07) is 0.0967. The number of carboxylic acid groups (broad SMARTS) is 1. The van der Waals surface area contributed by atoms with Gasteiger partial charge in [0.2, 0.25) is 0 Å². The number of imidazole rings is 1. The first-order valence-electron chi connectivity index (χ1n) is 5.89. The molecule has 5 heteroatoms. The molecule has 2 rings (SSSR count). The summed E-state index contributed by atoms with van der Waals surface area (Å²) in [5, 5.41) is 9.18. The monoisotopic (exact) mass is 237 g/mol. The number of hydrogen-bond acceptors (Lipinski definition) is 3. The minimum absolute atomic E-state index is 0.0967. The van der Waals surface area contributed by atoms with E-state index in [2.05, 4.69) is 4.98 Å². The van der Waals surface area contributed by atoms with Gasteiger partial charge in [-0.15, -0.1) is 0 Å². The Labute approximate surface area is 101 Å². The lowest BCUT2D eigenvalue weighted by atomic mass is 9.95. The third-order valence-corrected chi connectivity index (χ3v) is 3.11. The van der Waals surface area contributed by atoms with Gasteiger partial charge in [0.05, 0.1) is 5.69 Å². The molecule has 1 unspecified atom stereocenters. The highest BCUT2D eigenvalue weighted by Gasteiger charge is 2.31. The molecule has 1 aromatic heterocycles. The van der Waals surface area contributed by atoms with E-state index in [0.29, 0.717) is 13.0 Å². The Morgan fingerprint density at radius 2 is 2.18 bits per heavy atom. The number of carbonyl (C=O) groups is 1. The molecule has 1 aliphatic heterocycles. The van der Waals surface area contributed by atoms with Crippen molar-refractivity contribution in [3.63, 3.8) is 0 Å². The molecule has 0 amide bonds. The molecular formula is C12H19N3O2. The SMILES string of the molecule is CC(C)(C)c1nc(C(=O)O)c2n1CC(N)CC2. The first kappa shape index (κ1) is 12.1. The molecule has 3 N–H and O–H groups in total. The number of carboxylic acids is 1. The Morgan fingerprint density at radius 1 is 1.53 bits per heavy atom. The fourth-order valence-corrected chi connectivity index (χ4v) is 2.33. The third-order valence-electron chi connectivity index (χ3n) is 3.11. The van der Waals surface area contributed by atoms with E-state index in [0.717, 1.165) is 17.9 Å². The van der Waals surface area contributed by atoms with Gasteiger partial charge < -0.3 is 15.4 Å². The van der Waals surface area contributed by atoms with E-state index in [1.807, 2.05) is 25.3 Å². The molecule has 1 aromatic rings. The lowest BCUT2D eigenvalue weighted by molar-refractivity contribution is 0.0689. The number of fused-ring (bicyclic) bond motifs is 1. The van der Waals surface area contributed by atoms with E-state index in [1.54, 1.807) is 0 Å². The van der Waals surface area contributed by atoms with Crippen LogP contribution in [0.1, 0.15) is 49.2 Å². The summed E-state index contributed by atoms with van der Waals surface area (Å²) in [7, 11) is 0. The lowest BCUT2D eigenvalue weighted by Gasteiger charge is -2.26. The zero-order chi connectivity index (χ0) is 12.8. The van der Waals surface area contributed by atoms with E-state index >= 15 is 0 Å². The van der Waals surface area contributed by atoms with Crippen molar-refractivity contribution in [1.29, 1.82) is 0 Å². The molecule has 1 aliphatic rings. The second-order valence-electron chi connectivity index (χ2n) is 5.70. The lowest BCUT2D eigenvalue weighted by Crippen LogP contribution is -2.34. The van der Waals surface area contributed by atoms with Gasteiger partial charge >= 0.3 is 5.97 Å². The Morgan fingerprint density at radius 3 is 2.71 bits per heavy atom. The molecule has 2 heterocycles. The van der Waals surface area contributed by atoms with Crippen molar-refractivity contribution in [3.8, 4) is 0 Å². The van der Waals surface area contributed by atoms with Crippen LogP contribution in [0.5, 0.6) is 0 Å². The summed E-state index contributed by atoms with van der Waals surface area (Å²) >= 11 is 0. The van der Waals surface area contributed by atoms with E-state index in [9.17, 15) is 9.90 Å². The standard InChI is InChI=1S/C12H19N3O2/c1-12(2,3)11-14-9(10(16)17)8-5-4-7(13)6-15(8)11/h7H,4-6,13H2,1-3H3,(H,16,17). The molecule has 94 valence electrons. The molecule has 0 spiro atoms. The van der Waals surface area contributed by atoms with Gasteiger partial charge in [-0.05, 0) is 12.8 Å². The predicted octanol–water partition coefficient (Wildman–Crippen LogP) is 1.15. The van der Waals surface area contributed by atoms with Crippen LogP contribution in [0.15, 0.2) is 0 Å². The predicted molar refractivity (Wildman–Crippen MR) is 64.2 cm³/mol. The molecule has 0 saturated heterocycles. The first-order chi connectivity index (χ1) is 7.80. The summed E-state index contributed by atoms with van der Waals surface area (Å²) in [4.78, 5) is 15.5. The highest BCUT2D eigenvalue weighted by molar-refractivity contribution is 5.87. The Kier molecular flexibility index (Phi) is 2.73. The van der Waals surface area contributed by atoms with Crippen LogP contribution in [0.2, 0.25) is 0 Å². The molecular weight excluding hydrogens is 218 g/mol. The molecule has 5 nitrogen and oxygen atoms in total. The van der Waals surface area contributed by atoms with E-state index in [4.69, 9.17) is 5.73 Å². The van der Waals surface area contributed by atoms with Gasteiger partial charge in [-0.2, -0.15) is 0 Å². The summed E-state index contributed by atoms with van der Waals surface area (Å²) in [5.74, 6) is -0.125. The van der Waals surface area contributed by atoms with Gasteiger partial charge in [-0.1, -0.05) is 20.8 Å². The van der Waals surface area contributed by atoms with Crippen molar-refractivity contribution in [1.82, 2.24) is 9.55 Å². The molecule has 0 saturated carbocycles. The normalized spacial score (nSPS) is 20.1. The average Bonchev–Trinajstić information content (AvgIpc) is 2.55. The first-order valence-corrected chi connectivity index (χ1v) is 5.89. The number of aromatic carboxylic acids is 1. The summed E-state index contributed by atoms with van der Waals surface area (Å²) in [5.41, 5.74) is 6.80. The van der Waals surface area contributed by atoms with Gasteiger partial charge in [0.1, 0.15) is 5.82 Å². The Bertz CT molecular complexity index is 457. The van der Waals surface area contributed by atoms with Crippen molar-refractivity contribution in [2.75, 3.05) is 0 Å². The number of nitrogens with two attached hydrogens (primary N) is 1. The van der Waals surface area contributed by atoms with Crippen LogP contribution in [-0.2, 0) is 18.4 Å². The average molecular weight is 237 g/mol. The van der Waals surface area contributed by atoms with Crippen LogP contribution in [0, 0.1) is 0 Å². The van der Waals surface area contributed by atoms with Crippen molar-refractivity contribution in [2.24, 2.45) is 5.73 Å². The summed E-state index contributed by atoms with van der Waals surface area (Å²) < 4.78 is 2.00. The van der Waals surface area contributed by atoms with Gasteiger partial charge in [0.25, 0.3) is 0 Å². The molecule has 17 heavy (non-hydrogen) atoms. The zero-order valence-corrected chi connectivity index (χ0v) is 10.5. The quantitative estimate of drug-likeness (QED) is 0.767. The second-order valence-corrected chi connectivity index (χ2v) is 5.70. The minimum atomic E-state index is -0.945. The van der Waals surface area contributed by atoms with Gasteiger partial charge in [0, 0.05) is 18.0 Å². The summed E-state index contributed by atoms with van der Waals surface area (Å²) in [6.45, 7) is 6.78. The molecule has 0 aromatic carbocycles. The van der Waals surface area contributed by atoms with Crippen LogP contribution in [0.3, 0.4) is 0 Å². The number of nitrogens with zero attached hydrogens (tertiary/aromatic N) is 2. The topological polar surface area (TPSA) is 81.1 Å². The highest BCUT2D eigenvalue weighted by Crippen LogP contribution is 2.28. The maximum atomic E-state index is 11.2. The fraction of sp³-hybridized carbons (Fsp3) is 0.667. The van der Waals surface area contributed by atoms with Crippen LogP contribution < -0.4 is 5.73 Å². The Hall–Kier alpha value is -1.36. The van der Waals surface area contributed by atoms with Gasteiger partial charge in [-0.25, -0.2) is 9.78 Å². The van der Waals surface area contributed by atoms with Crippen molar-refractivity contribution >= 4 is 5.97 Å². The number of hydrogen-bond donors (Lipinski definition) is 2. The second kappa shape index (κ2) is 3.84. The largest absolute Gasteiger partial charge is 0.476 e. The van der Waals surface area contributed by atoms with E-state index in [-0.39, 0.29) is 17.2 Å². The molecule has 0 radical (unpaired) electrons. The molecule has 0 fully saturated rings. The van der Waals surface area contributed by atoms with Crippen LogP contribution >= 0.6 is 0 Å². The van der Waals surface area contributed by atoms with Gasteiger partial charge in [-0.3, -0.25) is 0 Å². The zero-order valence-electron chi connectivity index (χ0n) is 10.5. The molecule has 0 bridgehead atoms. The maximum Gasteiger partial charge on any atom is 0.356 e. The van der Waals surface area contributed by atoms with Crippen molar-refractivity contribution in [3.05, 3.63) is 17.2 Å². The van der Waals surface area contributed by atoms with Crippen molar-refractivity contribution in [2.45, 2.75) is 51.6 Å². The number of aromatic nitrogens is 2. The van der Waals surface area contributed by atoms with Gasteiger partial charge in [0.15, 0.2) is 5.69 Å². The van der Waals surface area contributed by atoms with Crippen LogP contribution in [0.4, 0.5) is 0 Å². The molecule has 0 aliphatic carbocycles. The minimum Gasteiger partial charge on any atom is -0.476 e. The molecule has 1 atom stereocenters. The maximum absolute atomic E-state index is 11.2. The smallest absolute Gasteiger partial charge is 0.356 e. The van der Waals surface area contributed by atoms with E-state index < -0.39 is 5.97 Å². The van der Waals surface area contributed by atoms with Crippen molar-refractivity contribution < 1.29 is 9.90 Å². The van der Waals surface area contributed by atoms with Crippen LogP contribution in [0.25, 0.3) is 0 Å². The number of rotatable bonds is 1. The fourth-order valence-electron chi connectivity index (χ4n) is 2.33. The highest BCUT2D eigenvalue weighted by atomic mass is 16.4. The van der Waals surface area contributed by atoms with Crippen LogP contribution in [-0.4, -0.2) is 26.7 Å².